The molecule has 6 rings (SSSR count). The van der Waals surface area contributed by atoms with E-state index in [-0.39, 0.29) is 10.8 Å². The van der Waals surface area contributed by atoms with Crippen LogP contribution in [0.2, 0.25) is 0 Å². The average molecular weight is 340 g/mol. The van der Waals surface area contributed by atoms with Crippen LogP contribution in [0.4, 0.5) is 11.4 Å². The van der Waals surface area contributed by atoms with Crippen molar-refractivity contribution in [3.8, 4) is 0 Å². The first-order valence-corrected chi connectivity index (χ1v) is 10.2. The van der Waals surface area contributed by atoms with Crippen molar-refractivity contribution in [2.75, 3.05) is 0 Å². The van der Waals surface area contributed by atoms with Crippen LogP contribution in [0.25, 0.3) is 0 Å². The molecule has 2 heteroatoms. The van der Waals surface area contributed by atoms with E-state index in [9.17, 15) is 0 Å². The van der Waals surface area contributed by atoms with Crippen molar-refractivity contribution in [2.24, 2.45) is 9.98 Å². The van der Waals surface area contributed by atoms with Gasteiger partial charge in [0.15, 0.2) is 0 Å². The van der Waals surface area contributed by atoms with Gasteiger partial charge in [-0.15, -0.1) is 0 Å². The number of rotatable bonds is 1. The van der Waals surface area contributed by atoms with Gasteiger partial charge in [0.05, 0.1) is 22.2 Å². The van der Waals surface area contributed by atoms with Crippen molar-refractivity contribution in [2.45, 2.75) is 62.2 Å². The van der Waals surface area contributed by atoms with E-state index in [1.165, 1.54) is 72.4 Å². The van der Waals surface area contributed by atoms with Crippen molar-refractivity contribution in [3.63, 3.8) is 0 Å². The highest BCUT2D eigenvalue weighted by Gasteiger charge is 2.63. The summed E-state index contributed by atoms with van der Waals surface area (Å²) >= 11 is 0. The molecule has 0 bridgehead atoms. The molecule has 2 aromatic rings. The van der Waals surface area contributed by atoms with Gasteiger partial charge in [-0.2, -0.15) is 0 Å². The molecule has 26 heavy (non-hydrogen) atoms. The van der Waals surface area contributed by atoms with E-state index in [0.717, 1.165) is 12.8 Å². The zero-order chi connectivity index (χ0) is 17.2. The normalized spacial score (nSPS) is 31.4. The van der Waals surface area contributed by atoms with E-state index in [2.05, 4.69) is 48.5 Å². The SMILES string of the molecule is c1ccc2c(c1)N=C1CCCC[C@]12[C@@]12CCCCC1=Nc1ccccc12. The third-order valence-electron chi connectivity index (χ3n) is 7.38. The van der Waals surface area contributed by atoms with Gasteiger partial charge in [0.2, 0.25) is 0 Å². The number of para-hydroxylation sites is 2. The zero-order valence-corrected chi connectivity index (χ0v) is 15.2. The van der Waals surface area contributed by atoms with Gasteiger partial charge in [-0.1, -0.05) is 49.2 Å². The third kappa shape index (κ3) is 1.60. The number of nitrogens with zero attached hydrogens (tertiary/aromatic N) is 2. The van der Waals surface area contributed by atoms with E-state index < -0.39 is 0 Å². The largest absolute Gasteiger partial charge is 0.257 e. The van der Waals surface area contributed by atoms with Crippen LogP contribution in [0, 0.1) is 0 Å². The molecule has 2 aliphatic heterocycles. The summed E-state index contributed by atoms with van der Waals surface area (Å²) in [5.74, 6) is 0. The summed E-state index contributed by atoms with van der Waals surface area (Å²) in [6, 6.07) is 17.9. The van der Waals surface area contributed by atoms with Crippen LogP contribution in [0.1, 0.15) is 62.5 Å². The number of hydrogen-bond donors (Lipinski definition) is 0. The van der Waals surface area contributed by atoms with E-state index in [0.29, 0.717) is 0 Å². The van der Waals surface area contributed by atoms with Crippen LogP contribution in [0.15, 0.2) is 58.5 Å². The van der Waals surface area contributed by atoms with Gasteiger partial charge < -0.3 is 0 Å². The fourth-order valence-electron chi connectivity index (χ4n) is 6.50. The Hall–Kier alpha value is -2.22. The molecule has 2 fully saturated rings. The van der Waals surface area contributed by atoms with Crippen molar-refractivity contribution < 1.29 is 0 Å². The van der Waals surface area contributed by atoms with Gasteiger partial charge in [-0.05, 0) is 61.8 Å². The van der Waals surface area contributed by atoms with Crippen LogP contribution >= 0.6 is 0 Å². The molecule has 2 nitrogen and oxygen atoms in total. The minimum Gasteiger partial charge on any atom is -0.257 e. The molecular weight excluding hydrogens is 316 g/mol. The summed E-state index contributed by atoms with van der Waals surface area (Å²) in [6.07, 6.45) is 9.87. The molecule has 2 heterocycles. The highest BCUT2D eigenvalue weighted by Crippen LogP contribution is 2.64. The molecule has 0 saturated heterocycles. The Balaban J connectivity index is 1.70. The molecule has 0 spiro atoms. The summed E-state index contributed by atoms with van der Waals surface area (Å²) < 4.78 is 0. The van der Waals surface area contributed by atoms with Crippen LogP contribution < -0.4 is 0 Å². The summed E-state index contributed by atoms with van der Waals surface area (Å²) in [5, 5.41) is 0. The molecule has 0 N–H and O–H groups in total. The van der Waals surface area contributed by atoms with E-state index in [1.807, 2.05) is 0 Å². The van der Waals surface area contributed by atoms with E-state index in [1.54, 1.807) is 0 Å². The quantitative estimate of drug-likeness (QED) is 0.592. The summed E-state index contributed by atoms with van der Waals surface area (Å²) in [5.41, 5.74) is 8.33. The maximum absolute atomic E-state index is 5.21. The van der Waals surface area contributed by atoms with Crippen LogP contribution in [-0.4, -0.2) is 11.4 Å². The van der Waals surface area contributed by atoms with Crippen molar-refractivity contribution in [1.82, 2.24) is 0 Å². The Morgan fingerprint density at radius 2 is 1.04 bits per heavy atom. The topological polar surface area (TPSA) is 24.7 Å². The zero-order valence-electron chi connectivity index (χ0n) is 15.2. The highest BCUT2D eigenvalue weighted by molar-refractivity contribution is 6.14. The van der Waals surface area contributed by atoms with Gasteiger partial charge in [0, 0.05) is 11.4 Å². The van der Waals surface area contributed by atoms with Crippen molar-refractivity contribution in [1.29, 1.82) is 0 Å². The third-order valence-corrected chi connectivity index (χ3v) is 7.38. The van der Waals surface area contributed by atoms with Gasteiger partial charge in [-0.25, -0.2) is 0 Å². The Kier molecular flexibility index (Phi) is 2.95. The lowest BCUT2D eigenvalue weighted by atomic mass is 9.47. The highest BCUT2D eigenvalue weighted by atomic mass is 14.9. The molecule has 2 aromatic carbocycles. The van der Waals surface area contributed by atoms with Gasteiger partial charge in [-0.3, -0.25) is 9.98 Å². The first-order chi connectivity index (χ1) is 12.9. The summed E-state index contributed by atoms with van der Waals surface area (Å²) in [6.45, 7) is 0. The molecule has 2 atom stereocenters. The molecule has 0 unspecified atom stereocenters. The standard InChI is InChI=1S/C24H24N2/c1-3-11-19-17(9-1)23(15-7-5-13-21(23)25-19)24-16-8-6-14-22(24)26-20-12-4-2-10-18(20)24/h1-4,9-12H,5-8,13-16H2/t23-,24-/m1/s1. The fourth-order valence-corrected chi connectivity index (χ4v) is 6.50. The lowest BCUT2D eigenvalue weighted by Gasteiger charge is -2.53. The van der Waals surface area contributed by atoms with Crippen LogP contribution in [-0.2, 0) is 10.8 Å². The summed E-state index contributed by atoms with van der Waals surface area (Å²) in [7, 11) is 0. The number of fused-ring (bicyclic) bond motifs is 7. The second-order valence-corrected chi connectivity index (χ2v) is 8.38. The first-order valence-electron chi connectivity index (χ1n) is 10.2. The molecule has 0 radical (unpaired) electrons. The second kappa shape index (κ2) is 5.16. The van der Waals surface area contributed by atoms with Gasteiger partial charge in [0.1, 0.15) is 0 Å². The Bertz CT molecular complexity index is 890. The number of hydrogen-bond acceptors (Lipinski definition) is 2. The molecule has 0 aromatic heterocycles. The first kappa shape index (κ1) is 14.9. The molecular formula is C24H24N2. The number of aliphatic imine (C=N–C) groups is 2. The lowest BCUT2D eigenvalue weighted by Crippen LogP contribution is -2.58. The smallest absolute Gasteiger partial charge is 0.0671 e. The Labute approximate surface area is 155 Å². The number of benzene rings is 2. The van der Waals surface area contributed by atoms with Crippen LogP contribution in [0.5, 0.6) is 0 Å². The Morgan fingerprint density at radius 1 is 0.577 bits per heavy atom. The summed E-state index contributed by atoms with van der Waals surface area (Å²) in [4.78, 5) is 10.4. The minimum atomic E-state index is 0.0354. The fraction of sp³-hybridized carbons (Fsp3) is 0.417. The molecule has 2 aliphatic carbocycles. The van der Waals surface area contributed by atoms with Crippen molar-refractivity contribution in [3.05, 3.63) is 59.7 Å². The van der Waals surface area contributed by atoms with Crippen molar-refractivity contribution >= 4 is 22.8 Å². The predicted molar refractivity (Wildman–Crippen MR) is 107 cm³/mol. The molecule has 2 saturated carbocycles. The van der Waals surface area contributed by atoms with E-state index in [4.69, 9.17) is 9.98 Å². The van der Waals surface area contributed by atoms with E-state index >= 15 is 0 Å². The maximum atomic E-state index is 5.21. The monoisotopic (exact) mass is 340 g/mol. The lowest BCUT2D eigenvalue weighted by molar-refractivity contribution is 0.294. The maximum Gasteiger partial charge on any atom is 0.0671 e. The van der Waals surface area contributed by atoms with Crippen LogP contribution in [0.3, 0.4) is 0 Å². The molecule has 130 valence electrons. The second-order valence-electron chi connectivity index (χ2n) is 8.38. The average Bonchev–Trinajstić information content (AvgIpc) is 3.22. The minimum absolute atomic E-state index is 0.0354. The van der Waals surface area contributed by atoms with Gasteiger partial charge in [0.25, 0.3) is 0 Å². The molecule has 4 aliphatic rings. The molecule has 0 amide bonds. The Morgan fingerprint density at radius 3 is 1.54 bits per heavy atom. The van der Waals surface area contributed by atoms with Gasteiger partial charge >= 0.3 is 0 Å². The predicted octanol–water partition coefficient (Wildman–Crippen LogP) is 6.18.